The number of benzene rings is 2. The number of anilines is 1. The van der Waals surface area contributed by atoms with E-state index in [9.17, 15) is 8.42 Å². The van der Waals surface area contributed by atoms with E-state index in [1.807, 2.05) is 0 Å². The number of nitriles is 1. The van der Waals surface area contributed by atoms with Gasteiger partial charge in [-0.3, -0.25) is 0 Å². The minimum absolute atomic E-state index is 0.231. The van der Waals surface area contributed by atoms with Gasteiger partial charge < -0.3 is 5.32 Å². The maximum atomic E-state index is 12.4. The van der Waals surface area contributed by atoms with E-state index < -0.39 is 10.0 Å². The summed E-state index contributed by atoms with van der Waals surface area (Å²) in [4.78, 5) is 0.231. The first-order valence-electron chi connectivity index (χ1n) is 7.03. The molecule has 2 N–H and O–H groups in total. The van der Waals surface area contributed by atoms with Crippen molar-refractivity contribution < 1.29 is 8.42 Å². The molecule has 1 aliphatic rings. The van der Waals surface area contributed by atoms with E-state index in [1.165, 1.54) is 0 Å². The Labute approximate surface area is 139 Å². The standard InChI is InChI=1S/C16H14ClN3O2S/c17-15-7-11(9-18)6-12-8-13(10-19-16(12)15)20-23(21,22)14-4-2-1-3-5-14/h1-7,13,19-20H,8,10H2. The molecule has 1 heterocycles. The molecule has 1 aliphatic heterocycles. The van der Waals surface area contributed by atoms with Crippen molar-refractivity contribution in [2.45, 2.75) is 17.4 Å². The summed E-state index contributed by atoms with van der Waals surface area (Å²) in [5.74, 6) is 0. The van der Waals surface area contributed by atoms with E-state index in [-0.39, 0.29) is 10.9 Å². The summed E-state index contributed by atoms with van der Waals surface area (Å²) >= 11 is 6.15. The molecule has 0 radical (unpaired) electrons. The average Bonchev–Trinajstić information content (AvgIpc) is 2.55. The molecule has 7 heteroatoms. The molecule has 0 amide bonds. The van der Waals surface area contributed by atoms with Crippen LogP contribution in [0.15, 0.2) is 47.4 Å². The first-order chi connectivity index (χ1) is 11.0. The fourth-order valence-electron chi connectivity index (χ4n) is 2.62. The zero-order chi connectivity index (χ0) is 16.4. The lowest BCUT2D eigenvalue weighted by Crippen LogP contribution is -2.43. The number of nitrogens with one attached hydrogen (secondary N) is 2. The van der Waals surface area contributed by atoms with Gasteiger partial charge in [0, 0.05) is 12.6 Å². The quantitative estimate of drug-likeness (QED) is 0.893. The van der Waals surface area contributed by atoms with E-state index in [4.69, 9.17) is 16.9 Å². The Bertz CT molecular complexity index is 876. The van der Waals surface area contributed by atoms with E-state index in [2.05, 4.69) is 16.1 Å². The molecule has 2 aromatic carbocycles. The van der Waals surface area contributed by atoms with Gasteiger partial charge in [-0.25, -0.2) is 13.1 Å². The maximum Gasteiger partial charge on any atom is 0.240 e. The number of rotatable bonds is 3. The number of halogens is 1. The van der Waals surface area contributed by atoms with E-state index in [1.54, 1.807) is 42.5 Å². The lowest BCUT2D eigenvalue weighted by Gasteiger charge is -2.27. The third-order valence-corrected chi connectivity index (χ3v) is 5.50. The highest BCUT2D eigenvalue weighted by Crippen LogP contribution is 2.31. The highest BCUT2D eigenvalue weighted by molar-refractivity contribution is 7.89. The molecule has 0 aliphatic carbocycles. The minimum atomic E-state index is -3.58. The van der Waals surface area contributed by atoms with Crippen LogP contribution in [0.5, 0.6) is 0 Å². The highest BCUT2D eigenvalue weighted by atomic mass is 35.5. The predicted octanol–water partition coefficient (Wildman–Crippen LogP) is 2.53. The van der Waals surface area contributed by atoms with E-state index in [0.717, 1.165) is 11.3 Å². The van der Waals surface area contributed by atoms with Gasteiger partial charge in [0.25, 0.3) is 0 Å². The van der Waals surface area contributed by atoms with Crippen LogP contribution in [0.25, 0.3) is 0 Å². The van der Waals surface area contributed by atoms with Gasteiger partial charge in [-0.05, 0) is 36.2 Å². The summed E-state index contributed by atoms with van der Waals surface area (Å²) in [6.45, 7) is 0.435. The van der Waals surface area contributed by atoms with Crippen molar-refractivity contribution >= 4 is 27.3 Å². The second kappa shape index (κ2) is 6.20. The fourth-order valence-corrected chi connectivity index (χ4v) is 4.18. The molecule has 3 rings (SSSR count). The normalized spacial score (nSPS) is 17.0. The van der Waals surface area contributed by atoms with Crippen molar-refractivity contribution in [1.82, 2.24) is 4.72 Å². The molecule has 0 spiro atoms. The SMILES string of the molecule is N#Cc1cc(Cl)c2c(c1)CC(NS(=O)(=O)c1ccccc1)CN2. The molecule has 1 atom stereocenters. The van der Waals surface area contributed by atoms with Crippen LogP contribution in [0.4, 0.5) is 5.69 Å². The van der Waals surface area contributed by atoms with Gasteiger partial charge in [-0.2, -0.15) is 5.26 Å². The first-order valence-corrected chi connectivity index (χ1v) is 8.89. The summed E-state index contributed by atoms with van der Waals surface area (Å²) in [7, 11) is -3.58. The Hall–Kier alpha value is -2.07. The Kier molecular flexibility index (Phi) is 4.26. The van der Waals surface area contributed by atoms with Crippen LogP contribution in [0, 0.1) is 11.3 Å². The molecule has 118 valence electrons. The molecule has 0 aromatic heterocycles. The smallest absolute Gasteiger partial charge is 0.240 e. The van der Waals surface area contributed by atoms with Crippen molar-refractivity contribution in [2.75, 3.05) is 11.9 Å². The van der Waals surface area contributed by atoms with Gasteiger partial charge in [0.1, 0.15) is 0 Å². The first kappa shape index (κ1) is 15.8. The molecule has 23 heavy (non-hydrogen) atoms. The van der Waals surface area contributed by atoms with Crippen molar-refractivity contribution in [3.63, 3.8) is 0 Å². The molecule has 1 unspecified atom stereocenters. The Balaban J connectivity index is 1.83. The lowest BCUT2D eigenvalue weighted by atomic mass is 9.98. The van der Waals surface area contributed by atoms with Crippen LogP contribution in [-0.2, 0) is 16.4 Å². The number of sulfonamides is 1. The zero-order valence-electron chi connectivity index (χ0n) is 12.1. The Morgan fingerprint density at radius 2 is 2.00 bits per heavy atom. The molecule has 0 saturated heterocycles. The van der Waals surface area contributed by atoms with Crippen LogP contribution in [0.1, 0.15) is 11.1 Å². The monoisotopic (exact) mass is 347 g/mol. The van der Waals surface area contributed by atoms with E-state index >= 15 is 0 Å². The van der Waals surface area contributed by atoms with Crippen LogP contribution >= 0.6 is 11.6 Å². The van der Waals surface area contributed by atoms with Gasteiger partial charge in [-0.15, -0.1) is 0 Å². The largest absolute Gasteiger partial charge is 0.382 e. The summed E-state index contributed by atoms with van der Waals surface area (Å²) in [5.41, 5.74) is 2.06. The van der Waals surface area contributed by atoms with Crippen LogP contribution in [-0.4, -0.2) is 21.0 Å². The minimum Gasteiger partial charge on any atom is -0.382 e. The number of fused-ring (bicyclic) bond motifs is 1. The topological polar surface area (TPSA) is 82.0 Å². The number of hydrogen-bond acceptors (Lipinski definition) is 4. The number of hydrogen-bond donors (Lipinski definition) is 2. The van der Waals surface area contributed by atoms with Crippen molar-refractivity contribution in [2.24, 2.45) is 0 Å². The molecule has 2 aromatic rings. The van der Waals surface area contributed by atoms with Gasteiger partial charge in [0.15, 0.2) is 0 Å². The second-order valence-corrected chi connectivity index (χ2v) is 7.44. The van der Waals surface area contributed by atoms with Crippen molar-refractivity contribution in [3.8, 4) is 6.07 Å². The van der Waals surface area contributed by atoms with Crippen LogP contribution < -0.4 is 10.0 Å². The molecular formula is C16H14ClN3O2S. The average molecular weight is 348 g/mol. The summed E-state index contributed by atoms with van der Waals surface area (Å²) in [5, 5.41) is 12.6. The highest BCUT2D eigenvalue weighted by Gasteiger charge is 2.25. The van der Waals surface area contributed by atoms with Gasteiger partial charge in [-0.1, -0.05) is 29.8 Å². The van der Waals surface area contributed by atoms with Crippen molar-refractivity contribution in [3.05, 3.63) is 58.6 Å². The van der Waals surface area contributed by atoms with Crippen molar-refractivity contribution in [1.29, 1.82) is 5.26 Å². The fraction of sp³-hybridized carbons (Fsp3) is 0.188. The third kappa shape index (κ3) is 3.32. The Morgan fingerprint density at radius 1 is 1.26 bits per heavy atom. The van der Waals surface area contributed by atoms with Crippen LogP contribution in [0.3, 0.4) is 0 Å². The second-order valence-electron chi connectivity index (χ2n) is 5.32. The summed E-state index contributed by atoms with van der Waals surface area (Å²) in [6.07, 6.45) is 0.476. The van der Waals surface area contributed by atoms with Gasteiger partial charge in [0.05, 0.1) is 27.2 Å². The Morgan fingerprint density at radius 3 is 2.70 bits per heavy atom. The summed E-state index contributed by atoms with van der Waals surface area (Å²) in [6, 6.07) is 13.3. The third-order valence-electron chi connectivity index (χ3n) is 3.67. The maximum absolute atomic E-state index is 12.4. The number of nitrogens with zero attached hydrogens (tertiary/aromatic N) is 1. The molecular weight excluding hydrogens is 334 g/mol. The molecule has 0 bridgehead atoms. The van der Waals surface area contributed by atoms with Gasteiger partial charge in [0.2, 0.25) is 10.0 Å². The molecule has 0 saturated carbocycles. The predicted molar refractivity (Wildman–Crippen MR) is 88.9 cm³/mol. The van der Waals surface area contributed by atoms with Gasteiger partial charge >= 0.3 is 0 Å². The summed E-state index contributed by atoms with van der Waals surface area (Å²) < 4.78 is 27.5. The molecule has 0 fully saturated rings. The zero-order valence-corrected chi connectivity index (χ0v) is 13.7. The molecule has 5 nitrogen and oxygen atoms in total. The lowest BCUT2D eigenvalue weighted by molar-refractivity contribution is 0.548. The van der Waals surface area contributed by atoms with Crippen LogP contribution in [0.2, 0.25) is 5.02 Å². The van der Waals surface area contributed by atoms with E-state index in [0.29, 0.717) is 23.6 Å².